The summed E-state index contributed by atoms with van der Waals surface area (Å²) in [5.41, 5.74) is 1.10. The van der Waals surface area contributed by atoms with Gasteiger partial charge in [0.1, 0.15) is 0 Å². The fourth-order valence-corrected chi connectivity index (χ4v) is 2.27. The molecule has 1 N–H and O–H groups in total. The Morgan fingerprint density at radius 3 is 2.68 bits per heavy atom. The molecule has 126 valence electrons. The van der Waals surface area contributed by atoms with E-state index in [1.54, 1.807) is 12.1 Å². The second-order valence-corrected chi connectivity index (χ2v) is 4.91. The zero-order valence-corrected chi connectivity index (χ0v) is 14.0. The first-order valence-electron chi connectivity index (χ1n) is 7.00. The number of nitrogens with one attached hydrogen (secondary N) is 1. The summed E-state index contributed by atoms with van der Waals surface area (Å²) in [5.74, 6) is 0. The minimum Gasteiger partial charge on any atom is -0.379 e. The fourth-order valence-electron chi connectivity index (χ4n) is 2.27. The topological polar surface area (TPSA) is 67.6 Å². The van der Waals surface area contributed by atoms with Gasteiger partial charge in [-0.05, 0) is 25.1 Å². The Kier molecular flexibility index (Phi) is 11.1. The maximum Gasteiger partial charge on any atom is 0.269 e. The number of hydrogen-bond donors (Lipinski definition) is 1. The first-order valence-corrected chi connectivity index (χ1v) is 7.00. The van der Waals surface area contributed by atoms with Crippen LogP contribution < -0.4 is 5.32 Å². The van der Waals surface area contributed by atoms with Gasteiger partial charge < -0.3 is 10.1 Å². The van der Waals surface area contributed by atoms with Crippen LogP contribution in [0.5, 0.6) is 0 Å². The van der Waals surface area contributed by atoms with Crippen LogP contribution in [-0.2, 0) is 11.3 Å². The van der Waals surface area contributed by atoms with Crippen LogP contribution in [0.4, 0.5) is 5.69 Å². The first-order chi connectivity index (χ1) is 9.75. The molecular weight excluding hydrogens is 329 g/mol. The van der Waals surface area contributed by atoms with Crippen LogP contribution in [0.2, 0.25) is 0 Å². The van der Waals surface area contributed by atoms with E-state index in [4.69, 9.17) is 4.74 Å². The van der Waals surface area contributed by atoms with E-state index in [1.807, 2.05) is 6.07 Å². The lowest BCUT2D eigenvalue weighted by Gasteiger charge is -2.26. The normalized spacial score (nSPS) is 14.7. The van der Waals surface area contributed by atoms with Crippen LogP contribution in [0, 0.1) is 10.1 Å². The van der Waals surface area contributed by atoms with Gasteiger partial charge in [-0.3, -0.25) is 15.0 Å². The maximum absolute atomic E-state index is 10.7. The van der Waals surface area contributed by atoms with Gasteiger partial charge >= 0.3 is 0 Å². The molecule has 1 heterocycles. The molecule has 1 fully saturated rings. The van der Waals surface area contributed by atoms with Gasteiger partial charge in [0, 0.05) is 31.8 Å². The number of nitrogens with zero attached hydrogens (tertiary/aromatic N) is 2. The van der Waals surface area contributed by atoms with Crippen LogP contribution >= 0.6 is 24.8 Å². The predicted molar refractivity (Wildman–Crippen MR) is 91.2 cm³/mol. The smallest absolute Gasteiger partial charge is 0.269 e. The van der Waals surface area contributed by atoms with E-state index in [0.717, 1.165) is 51.4 Å². The molecule has 1 aromatic rings. The largest absolute Gasteiger partial charge is 0.379 e. The van der Waals surface area contributed by atoms with E-state index in [1.165, 1.54) is 6.07 Å². The van der Waals surface area contributed by atoms with Crippen molar-refractivity contribution in [2.24, 2.45) is 0 Å². The van der Waals surface area contributed by atoms with Crippen molar-refractivity contribution < 1.29 is 9.66 Å². The van der Waals surface area contributed by atoms with Gasteiger partial charge in [0.2, 0.25) is 0 Å². The van der Waals surface area contributed by atoms with Crippen LogP contribution in [-0.4, -0.2) is 49.2 Å². The average molecular weight is 352 g/mol. The van der Waals surface area contributed by atoms with Crippen LogP contribution in [0.25, 0.3) is 0 Å². The molecule has 0 aliphatic carbocycles. The number of morpholine rings is 1. The highest BCUT2D eigenvalue weighted by Crippen LogP contribution is 2.12. The highest BCUT2D eigenvalue weighted by molar-refractivity contribution is 5.85. The Morgan fingerprint density at radius 1 is 1.27 bits per heavy atom. The molecule has 0 atom stereocenters. The van der Waals surface area contributed by atoms with E-state index in [9.17, 15) is 10.1 Å². The minimum atomic E-state index is -0.359. The second kappa shape index (κ2) is 11.6. The molecule has 6 nitrogen and oxygen atoms in total. The number of non-ortho nitro benzene ring substituents is 1. The van der Waals surface area contributed by atoms with E-state index in [-0.39, 0.29) is 35.4 Å². The lowest BCUT2D eigenvalue weighted by atomic mass is 10.2. The van der Waals surface area contributed by atoms with Crippen molar-refractivity contribution in [1.29, 1.82) is 0 Å². The quantitative estimate of drug-likeness (QED) is 0.463. The third-order valence-corrected chi connectivity index (χ3v) is 3.38. The Morgan fingerprint density at radius 2 is 2.00 bits per heavy atom. The molecule has 1 saturated heterocycles. The zero-order valence-electron chi connectivity index (χ0n) is 12.4. The summed E-state index contributed by atoms with van der Waals surface area (Å²) in [6.07, 6.45) is 1.08. The fraction of sp³-hybridized carbons (Fsp3) is 0.571. The lowest BCUT2D eigenvalue weighted by molar-refractivity contribution is -0.384. The molecule has 0 spiro atoms. The van der Waals surface area contributed by atoms with E-state index in [2.05, 4.69) is 10.2 Å². The summed E-state index contributed by atoms with van der Waals surface area (Å²) in [4.78, 5) is 12.7. The van der Waals surface area contributed by atoms with Crippen molar-refractivity contribution in [3.05, 3.63) is 39.9 Å². The molecular formula is C14H23Cl2N3O3. The zero-order chi connectivity index (χ0) is 14.2. The summed E-state index contributed by atoms with van der Waals surface area (Å²) >= 11 is 0. The standard InChI is InChI=1S/C14H21N3O3.2ClH/c18-17(19)14-4-1-3-13(11-14)12-15-5-2-6-16-7-9-20-10-8-16;;/h1,3-4,11,15H,2,5-10,12H2;2*1H. The van der Waals surface area contributed by atoms with Crippen molar-refractivity contribution in [3.63, 3.8) is 0 Å². The molecule has 0 amide bonds. The Hall–Kier alpha value is -0.920. The van der Waals surface area contributed by atoms with Gasteiger partial charge in [-0.2, -0.15) is 0 Å². The van der Waals surface area contributed by atoms with Gasteiger partial charge in [0.05, 0.1) is 18.1 Å². The maximum atomic E-state index is 10.7. The highest BCUT2D eigenvalue weighted by atomic mass is 35.5. The van der Waals surface area contributed by atoms with Crippen molar-refractivity contribution >= 4 is 30.5 Å². The number of hydrogen-bond acceptors (Lipinski definition) is 5. The van der Waals surface area contributed by atoms with Crippen LogP contribution in [0.1, 0.15) is 12.0 Å². The molecule has 0 bridgehead atoms. The SMILES string of the molecule is Cl.Cl.O=[N+]([O-])c1cccc(CNCCCN2CCOCC2)c1. The van der Waals surface area contributed by atoms with E-state index in [0.29, 0.717) is 6.54 Å². The van der Waals surface area contributed by atoms with Crippen LogP contribution in [0.15, 0.2) is 24.3 Å². The lowest BCUT2D eigenvalue weighted by Crippen LogP contribution is -2.37. The minimum absolute atomic E-state index is 0. The molecule has 8 heteroatoms. The third kappa shape index (κ3) is 7.38. The van der Waals surface area contributed by atoms with E-state index >= 15 is 0 Å². The highest BCUT2D eigenvalue weighted by Gasteiger charge is 2.09. The van der Waals surface area contributed by atoms with Gasteiger partial charge in [-0.15, -0.1) is 24.8 Å². The van der Waals surface area contributed by atoms with E-state index < -0.39 is 0 Å². The Balaban J connectivity index is 0.00000220. The number of halogens is 2. The van der Waals surface area contributed by atoms with Gasteiger partial charge in [-0.25, -0.2) is 0 Å². The van der Waals surface area contributed by atoms with Crippen molar-refractivity contribution in [3.8, 4) is 0 Å². The molecule has 0 aromatic heterocycles. The number of ether oxygens (including phenoxy) is 1. The number of nitro groups is 1. The van der Waals surface area contributed by atoms with Gasteiger partial charge in [-0.1, -0.05) is 12.1 Å². The molecule has 22 heavy (non-hydrogen) atoms. The molecule has 0 saturated carbocycles. The predicted octanol–water partition coefficient (Wildman–Crippen LogP) is 2.25. The molecule has 1 aromatic carbocycles. The van der Waals surface area contributed by atoms with Crippen molar-refractivity contribution in [2.45, 2.75) is 13.0 Å². The van der Waals surface area contributed by atoms with Gasteiger partial charge in [0.15, 0.2) is 0 Å². The first kappa shape index (κ1) is 21.1. The molecule has 0 radical (unpaired) electrons. The van der Waals surface area contributed by atoms with Crippen LogP contribution in [0.3, 0.4) is 0 Å². The second-order valence-electron chi connectivity index (χ2n) is 4.91. The number of nitro benzene ring substituents is 1. The summed E-state index contributed by atoms with van der Waals surface area (Å²) in [5, 5.41) is 14.0. The van der Waals surface area contributed by atoms with Gasteiger partial charge in [0.25, 0.3) is 5.69 Å². The third-order valence-electron chi connectivity index (χ3n) is 3.38. The monoisotopic (exact) mass is 351 g/mol. The summed E-state index contributed by atoms with van der Waals surface area (Å²) in [7, 11) is 0. The average Bonchev–Trinajstić information content (AvgIpc) is 2.48. The Bertz CT molecular complexity index is 443. The molecule has 1 aliphatic rings. The summed E-state index contributed by atoms with van der Waals surface area (Å²) in [6, 6.07) is 6.77. The number of rotatable bonds is 7. The molecule has 1 aliphatic heterocycles. The Labute approximate surface area is 143 Å². The number of benzene rings is 1. The van der Waals surface area contributed by atoms with Crippen molar-refractivity contribution in [1.82, 2.24) is 10.2 Å². The summed E-state index contributed by atoms with van der Waals surface area (Å²) < 4.78 is 5.30. The molecule has 0 unspecified atom stereocenters. The molecule has 2 rings (SSSR count). The summed E-state index contributed by atoms with van der Waals surface area (Å²) in [6.45, 7) is 6.37. The van der Waals surface area contributed by atoms with Crippen molar-refractivity contribution in [2.75, 3.05) is 39.4 Å².